The maximum atomic E-state index is 13.0. The Morgan fingerprint density at radius 3 is 2.55 bits per heavy atom. The highest BCUT2D eigenvalue weighted by Gasteiger charge is 2.26. The van der Waals surface area contributed by atoms with Gasteiger partial charge in [0.25, 0.3) is 0 Å². The summed E-state index contributed by atoms with van der Waals surface area (Å²) in [5.41, 5.74) is 4.39. The Morgan fingerprint density at radius 2 is 1.81 bits per heavy atom. The van der Waals surface area contributed by atoms with Crippen molar-refractivity contribution in [3.63, 3.8) is 0 Å². The fourth-order valence-electron chi connectivity index (χ4n) is 3.35. The van der Waals surface area contributed by atoms with Crippen molar-refractivity contribution in [2.24, 2.45) is 0 Å². The van der Waals surface area contributed by atoms with Crippen molar-refractivity contribution in [3.05, 3.63) is 82.6 Å². The van der Waals surface area contributed by atoms with Gasteiger partial charge in [0.1, 0.15) is 5.69 Å². The van der Waals surface area contributed by atoms with Crippen LogP contribution >= 0.6 is 15.9 Å². The first kappa shape index (κ1) is 21.9. The van der Waals surface area contributed by atoms with E-state index in [2.05, 4.69) is 36.9 Å². The number of pyridine rings is 1. The van der Waals surface area contributed by atoms with Crippen molar-refractivity contribution in [3.8, 4) is 11.3 Å². The van der Waals surface area contributed by atoms with E-state index in [1.54, 1.807) is 6.20 Å². The van der Waals surface area contributed by atoms with Crippen LogP contribution in [-0.2, 0) is 17.4 Å². The molecule has 2 aromatic heterocycles. The molecular weight excluding hydrogens is 474 g/mol. The topological polar surface area (TPSA) is 68.0 Å². The fraction of sp³-hybridized carbons (Fsp3) is 0.250. The highest BCUT2D eigenvalue weighted by atomic mass is 79.9. The quantitative estimate of drug-likeness (QED) is 0.355. The Kier molecular flexibility index (Phi) is 6.36. The second-order valence-electron chi connectivity index (χ2n) is 8.34. The lowest BCUT2D eigenvalue weighted by Crippen LogP contribution is -2.36. The second kappa shape index (κ2) is 9.02. The zero-order chi connectivity index (χ0) is 22.0. The summed E-state index contributed by atoms with van der Waals surface area (Å²) in [6, 6.07) is 19.6. The van der Waals surface area contributed by atoms with E-state index in [0.717, 1.165) is 38.0 Å². The monoisotopic (exact) mass is 497 g/mol. The normalized spacial score (nSPS) is 13.9. The van der Waals surface area contributed by atoms with Gasteiger partial charge in [-0.25, -0.2) is 8.93 Å². The minimum absolute atomic E-state index is 0.222. The van der Waals surface area contributed by atoms with Gasteiger partial charge in [-0.2, -0.15) is 0 Å². The van der Waals surface area contributed by atoms with Crippen LogP contribution in [0.5, 0.6) is 0 Å². The van der Waals surface area contributed by atoms with Gasteiger partial charge >= 0.3 is 0 Å². The van der Waals surface area contributed by atoms with Crippen LogP contribution in [0.2, 0.25) is 0 Å². The maximum Gasteiger partial charge on any atom is 0.167 e. The largest absolute Gasteiger partial charge is 0.356 e. The molecule has 1 N–H and O–H groups in total. The number of benzene rings is 2. The summed E-state index contributed by atoms with van der Waals surface area (Å²) in [5, 5.41) is 5.31. The number of halogens is 1. The number of hydrogen-bond donors (Lipinski definition) is 1. The molecule has 7 heteroatoms. The van der Waals surface area contributed by atoms with E-state index in [1.165, 1.54) is 0 Å². The minimum Gasteiger partial charge on any atom is -0.356 e. The fourth-order valence-corrected chi connectivity index (χ4v) is 4.41. The molecule has 2 atom stereocenters. The van der Waals surface area contributed by atoms with Crippen LogP contribution in [0.1, 0.15) is 38.1 Å². The van der Waals surface area contributed by atoms with Gasteiger partial charge in [-0.15, -0.1) is 0 Å². The molecule has 4 aromatic rings. The van der Waals surface area contributed by atoms with Gasteiger partial charge in [-0.1, -0.05) is 41.6 Å². The van der Waals surface area contributed by atoms with Gasteiger partial charge in [0.05, 0.1) is 21.8 Å². The van der Waals surface area contributed by atoms with Gasteiger partial charge in [0.15, 0.2) is 5.58 Å². The smallest absolute Gasteiger partial charge is 0.167 e. The second-order valence-corrected chi connectivity index (χ2v) is 11.3. The first-order valence-corrected chi connectivity index (χ1v) is 12.0. The van der Waals surface area contributed by atoms with E-state index in [9.17, 15) is 4.21 Å². The van der Waals surface area contributed by atoms with E-state index in [1.807, 2.05) is 75.4 Å². The molecule has 5 nitrogen and oxygen atoms in total. The predicted molar refractivity (Wildman–Crippen MR) is 129 cm³/mol. The van der Waals surface area contributed by atoms with Crippen molar-refractivity contribution >= 4 is 37.9 Å². The number of fused-ring (bicyclic) bond motifs is 1. The SMILES string of the molecule is CC(C)(C)S(=O)N[C@@H](Cc1ccc(Br)cn1)c1ccccc1-c1noc2ccccc12. The molecule has 0 saturated heterocycles. The number of nitrogens with one attached hydrogen (secondary N) is 1. The summed E-state index contributed by atoms with van der Waals surface area (Å²) in [6.07, 6.45) is 2.37. The number of para-hydroxylation sites is 1. The summed E-state index contributed by atoms with van der Waals surface area (Å²) in [7, 11) is -1.26. The number of hydrogen-bond acceptors (Lipinski definition) is 4. The number of rotatable bonds is 6. The van der Waals surface area contributed by atoms with E-state index in [0.29, 0.717) is 6.42 Å². The highest BCUT2D eigenvalue weighted by molar-refractivity contribution is 9.10. The highest BCUT2D eigenvalue weighted by Crippen LogP contribution is 2.34. The Balaban J connectivity index is 1.79. The molecule has 31 heavy (non-hydrogen) atoms. The average Bonchev–Trinajstić information content (AvgIpc) is 3.18. The van der Waals surface area contributed by atoms with Crippen molar-refractivity contribution in [1.82, 2.24) is 14.9 Å². The van der Waals surface area contributed by atoms with Crippen molar-refractivity contribution in [2.45, 2.75) is 38.0 Å². The van der Waals surface area contributed by atoms with Crippen molar-refractivity contribution in [1.29, 1.82) is 0 Å². The molecule has 2 aromatic carbocycles. The standard InChI is InChI=1S/C24H24BrN3O2S/c1-24(2,3)31(29)28-21(14-17-13-12-16(25)15-26-17)18-8-4-5-9-19(18)23-20-10-6-7-11-22(20)30-27-23/h4-13,15,21,28H,14H2,1-3H3/t21-,31?/m0/s1. The van der Waals surface area contributed by atoms with Crippen LogP contribution in [0, 0.1) is 0 Å². The molecule has 0 fully saturated rings. The molecule has 4 rings (SSSR count). The number of nitrogens with zero attached hydrogens (tertiary/aromatic N) is 2. The van der Waals surface area contributed by atoms with Crippen LogP contribution < -0.4 is 4.72 Å². The van der Waals surface area contributed by atoms with Gasteiger partial charge in [-0.05, 0) is 66.5 Å². The van der Waals surface area contributed by atoms with Crippen LogP contribution in [0.25, 0.3) is 22.2 Å². The van der Waals surface area contributed by atoms with E-state index in [4.69, 9.17) is 4.52 Å². The lowest BCUT2D eigenvalue weighted by atomic mass is 9.94. The van der Waals surface area contributed by atoms with E-state index >= 15 is 0 Å². The number of aromatic nitrogens is 2. The molecule has 0 aliphatic carbocycles. The van der Waals surface area contributed by atoms with Crippen LogP contribution in [0.4, 0.5) is 0 Å². The molecule has 2 heterocycles. The molecule has 1 unspecified atom stereocenters. The third-order valence-corrected chi connectivity index (χ3v) is 7.06. The molecule has 0 aliphatic rings. The average molecular weight is 498 g/mol. The van der Waals surface area contributed by atoms with Gasteiger partial charge in [-0.3, -0.25) is 4.98 Å². The van der Waals surface area contributed by atoms with Crippen molar-refractivity contribution in [2.75, 3.05) is 0 Å². The minimum atomic E-state index is -1.26. The molecular formula is C24H24BrN3O2S. The summed E-state index contributed by atoms with van der Waals surface area (Å²) in [4.78, 5) is 4.54. The molecule has 0 spiro atoms. The van der Waals surface area contributed by atoms with Crippen LogP contribution in [0.3, 0.4) is 0 Å². The molecule has 0 aliphatic heterocycles. The lowest BCUT2D eigenvalue weighted by molar-refractivity contribution is 0.459. The maximum absolute atomic E-state index is 13.0. The molecule has 160 valence electrons. The molecule has 0 bridgehead atoms. The van der Waals surface area contributed by atoms with Crippen LogP contribution in [0.15, 0.2) is 75.9 Å². The Bertz CT molecular complexity index is 1220. The molecule has 0 amide bonds. The molecule has 0 saturated carbocycles. The summed E-state index contributed by atoms with van der Waals surface area (Å²) in [5.74, 6) is 0. The van der Waals surface area contributed by atoms with E-state index in [-0.39, 0.29) is 6.04 Å². The van der Waals surface area contributed by atoms with Crippen LogP contribution in [-0.4, -0.2) is 19.1 Å². The zero-order valence-corrected chi connectivity index (χ0v) is 20.0. The third-order valence-electron chi connectivity index (χ3n) is 4.98. The van der Waals surface area contributed by atoms with Gasteiger partial charge in [0, 0.05) is 33.7 Å². The first-order chi connectivity index (χ1) is 14.8. The summed E-state index contributed by atoms with van der Waals surface area (Å²) in [6.45, 7) is 5.88. The lowest BCUT2D eigenvalue weighted by Gasteiger charge is -2.26. The third kappa shape index (κ3) is 4.95. The Labute approximate surface area is 193 Å². The summed E-state index contributed by atoms with van der Waals surface area (Å²) >= 11 is 3.44. The predicted octanol–water partition coefficient (Wildman–Crippen LogP) is 5.99. The van der Waals surface area contributed by atoms with Gasteiger partial charge < -0.3 is 4.52 Å². The Hall–Kier alpha value is -2.35. The first-order valence-electron chi connectivity index (χ1n) is 10.0. The van der Waals surface area contributed by atoms with Crippen molar-refractivity contribution < 1.29 is 8.73 Å². The summed E-state index contributed by atoms with van der Waals surface area (Å²) < 4.78 is 22.5. The van der Waals surface area contributed by atoms with Gasteiger partial charge in [0.2, 0.25) is 0 Å². The van der Waals surface area contributed by atoms with E-state index < -0.39 is 15.7 Å². The zero-order valence-electron chi connectivity index (χ0n) is 17.6. The molecule has 0 radical (unpaired) electrons. The Morgan fingerprint density at radius 1 is 1.06 bits per heavy atom.